The summed E-state index contributed by atoms with van der Waals surface area (Å²) >= 11 is 13.5. The number of hydrogen-bond acceptors (Lipinski definition) is 10. The van der Waals surface area contributed by atoms with Gasteiger partial charge in [-0.15, -0.1) is 0 Å². The molecule has 0 bridgehead atoms. The van der Waals surface area contributed by atoms with Gasteiger partial charge in [0, 0.05) is 41.5 Å². The van der Waals surface area contributed by atoms with Gasteiger partial charge in [-0.1, -0.05) is 48.0 Å². The number of halogens is 2. The molecule has 5 rings (SSSR count). The van der Waals surface area contributed by atoms with Crippen LogP contribution in [0.5, 0.6) is 11.5 Å². The second kappa shape index (κ2) is 16.2. The lowest BCUT2D eigenvalue weighted by atomic mass is 10.0. The Morgan fingerprint density at radius 1 is 1.06 bits per heavy atom. The molecule has 0 saturated carbocycles. The Bertz CT molecular complexity index is 1970. The van der Waals surface area contributed by atoms with Crippen molar-refractivity contribution in [3.8, 4) is 22.6 Å². The van der Waals surface area contributed by atoms with E-state index in [-0.39, 0.29) is 69.1 Å². The SMILES string of the molecule is C=CC(=O)N[C@H]1COC[C@H]1Nc1ncc2cc(-c3c(Cl)c(OC)cc(OC)c3Cl)c(=O)n(Cc3ccc(NC(=O)/C=C/CN(C)C)cc3)c2n1. The van der Waals surface area contributed by atoms with Gasteiger partial charge in [0.15, 0.2) is 0 Å². The molecule has 1 fully saturated rings. The molecule has 1 saturated heterocycles. The predicted octanol–water partition coefficient (Wildman–Crippen LogP) is 4.37. The van der Waals surface area contributed by atoms with E-state index in [1.54, 1.807) is 36.5 Å². The van der Waals surface area contributed by atoms with Crippen molar-refractivity contribution in [1.29, 1.82) is 0 Å². The Hall–Kier alpha value is -4.95. The highest BCUT2D eigenvalue weighted by molar-refractivity contribution is 6.41. The maximum Gasteiger partial charge on any atom is 0.260 e. The number of methoxy groups -OCH3 is 2. The van der Waals surface area contributed by atoms with Crippen LogP contribution in [-0.2, 0) is 20.9 Å². The molecule has 2 atom stereocenters. The lowest BCUT2D eigenvalue weighted by molar-refractivity contribution is -0.117. The molecule has 2 amide bonds. The van der Waals surface area contributed by atoms with Crippen LogP contribution in [0.25, 0.3) is 22.2 Å². The van der Waals surface area contributed by atoms with Crippen LogP contribution in [0.1, 0.15) is 5.56 Å². The molecular formula is C35H37Cl2N7O6. The van der Waals surface area contributed by atoms with Crippen molar-refractivity contribution in [2.24, 2.45) is 0 Å². The van der Waals surface area contributed by atoms with Crippen LogP contribution < -0.4 is 31.0 Å². The van der Waals surface area contributed by atoms with Gasteiger partial charge in [0.25, 0.3) is 5.56 Å². The average Bonchev–Trinajstić information content (AvgIpc) is 3.53. The van der Waals surface area contributed by atoms with E-state index in [9.17, 15) is 14.4 Å². The Labute approximate surface area is 298 Å². The normalized spacial score (nSPS) is 15.7. The van der Waals surface area contributed by atoms with Crippen molar-refractivity contribution >= 4 is 57.7 Å². The molecule has 2 aromatic heterocycles. The summed E-state index contributed by atoms with van der Waals surface area (Å²) in [6.07, 6.45) is 6.03. The number of amides is 2. The number of nitrogens with zero attached hydrogens (tertiary/aromatic N) is 4. The summed E-state index contributed by atoms with van der Waals surface area (Å²) in [5.41, 5.74) is 1.64. The maximum atomic E-state index is 14.5. The van der Waals surface area contributed by atoms with Crippen molar-refractivity contribution in [3.05, 3.63) is 93.4 Å². The largest absolute Gasteiger partial charge is 0.495 e. The molecule has 0 radical (unpaired) electrons. The molecule has 1 aliphatic heterocycles. The predicted molar refractivity (Wildman–Crippen MR) is 195 cm³/mol. The molecule has 13 nitrogen and oxygen atoms in total. The first-order valence-corrected chi connectivity index (χ1v) is 16.3. The summed E-state index contributed by atoms with van der Waals surface area (Å²) in [7, 11) is 6.73. The molecule has 0 aliphatic carbocycles. The van der Waals surface area contributed by atoms with Gasteiger partial charge in [-0.05, 0) is 43.9 Å². The van der Waals surface area contributed by atoms with E-state index in [1.807, 2.05) is 31.1 Å². The monoisotopic (exact) mass is 721 g/mol. The zero-order chi connectivity index (χ0) is 35.9. The summed E-state index contributed by atoms with van der Waals surface area (Å²) in [5, 5.41) is 9.69. The van der Waals surface area contributed by atoms with E-state index in [0.29, 0.717) is 36.5 Å². The Balaban J connectivity index is 1.56. The maximum absolute atomic E-state index is 14.5. The van der Waals surface area contributed by atoms with Crippen LogP contribution in [-0.4, -0.2) is 91.4 Å². The van der Waals surface area contributed by atoms with Gasteiger partial charge >= 0.3 is 0 Å². The minimum Gasteiger partial charge on any atom is -0.495 e. The number of likely N-dealkylation sites (N-methyl/N-ethyl adjacent to an activating group) is 1. The third kappa shape index (κ3) is 8.25. The van der Waals surface area contributed by atoms with Gasteiger partial charge in [0.05, 0.1) is 61.7 Å². The zero-order valence-electron chi connectivity index (χ0n) is 28.0. The lowest BCUT2D eigenvalue weighted by Gasteiger charge is -2.20. The minimum atomic E-state index is -0.440. The fourth-order valence-corrected chi connectivity index (χ4v) is 6.06. The zero-order valence-corrected chi connectivity index (χ0v) is 29.5. The van der Waals surface area contributed by atoms with Crippen LogP contribution in [0.2, 0.25) is 10.0 Å². The van der Waals surface area contributed by atoms with Crippen LogP contribution >= 0.6 is 23.2 Å². The van der Waals surface area contributed by atoms with Gasteiger partial charge in [-0.25, -0.2) is 4.98 Å². The number of anilines is 2. The molecule has 3 heterocycles. The molecule has 0 spiro atoms. The first-order valence-electron chi connectivity index (χ1n) is 15.5. The number of nitrogens with one attached hydrogen (secondary N) is 3. The van der Waals surface area contributed by atoms with Crippen molar-refractivity contribution in [3.63, 3.8) is 0 Å². The topological polar surface area (TPSA) is 149 Å². The average molecular weight is 723 g/mol. The number of ether oxygens (including phenoxy) is 3. The van der Waals surface area contributed by atoms with E-state index in [0.717, 1.165) is 5.56 Å². The van der Waals surface area contributed by atoms with Crippen LogP contribution in [0.4, 0.5) is 11.6 Å². The summed E-state index contributed by atoms with van der Waals surface area (Å²) in [6.45, 7) is 4.84. The second-order valence-electron chi connectivity index (χ2n) is 11.7. The number of hydrogen-bond donors (Lipinski definition) is 3. The van der Waals surface area contributed by atoms with E-state index in [1.165, 1.54) is 30.9 Å². The number of aromatic nitrogens is 3. The molecule has 0 unspecified atom stereocenters. The van der Waals surface area contributed by atoms with Crippen molar-refractivity contribution in [1.82, 2.24) is 24.8 Å². The molecule has 4 aromatic rings. The third-order valence-corrected chi connectivity index (χ3v) is 8.63. The van der Waals surface area contributed by atoms with Gasteiger partial charge in [-0.2, -0.15) is 4.98 Å². The fourth-order valence-electron chi connectivity index (χ4n) is 5.35. The lowest BCUT2D eigenvalue weighted by Crippen LogP contribution is -2.45. The molecule has 1 aliphatic rings. The number of pyridine rings is 1. The summed E-state index contributed by atoms with van der Waals surface area (Å²) in [5.74, 6) is 0.191. The van der Waals surface area contributed by atoms with Gasteiger partial charge < -0.3 is 35.1 Å². The third-order valence-electron chi connectivity index (χ3n) is 7.88. The van der Waals surface area contributed by atoms with Gasteiger partial charge in [0.1, 0.15) is 17.1 Å². The fraction of sp³-hybridized carbons (Fsp3) is 0.286. The Kier molecular flexibility index (Phi) is 11.8. The van der Waals surface area contributed by atoms with E-state index in [2.05, 4.69) is 27.5 Å². The Morgan fingerprint density at radius 2 is 1.74 bits per heavy atom. The van der Waals surface area contributed by atoms with Crippen molar-refractivity contribution < 1.29 is 23.8 Å². The smallest absolute Gasteiger partial charge is 0.260 e. The number of rotatable bonds is 13. The quantitative estimate of drug-likeness (QED) is 0.170. The van der Waals surface area contributed by atoms with Crippen LogP contribution in [0.3, 0.4) is 0 Å². The molecule has 262 valence electrons. The van der Waals surface area contributed by atoms with Gasteiger partial charge in [-0.3, -0.25) is 19.0 Å². The molecule has 2 aromatic carbocycles. The number of carbonyl (C=O) groups excluding carboxylic acids is 2. The molecular weight excluding hydrogens is 685 g/mol. The van der Waals surface area contributed by atoms with Crippen molar-refractivity contribution in [2.45, 2.75) is 18.6 Å². The number of fused-ring (bicyclic) bond motifs is 1. The highest BCUT2D eigenvalue weighted by Gasteiger charge is 2.30. The Morgan fingerprint density at radius 3 is 2.38 bits per heavy atom. The standard InChI is InChI=1S/C35H37Cl2N7O6/c1-6-28(45)40-24-18-50-19-25(24)41-35-38-16-21-14-23(30-31(36)26(48-4)15-27(49-5)32(30)37)34(47)44(33(21)42-35)17-20-9-11-22(12-10-20)39-29(46)8-7-13-43(2)3/h6-12,14-16,24-25H,1,13,17-19H2,2-5H3,(H,39,46)(H,40,45)(H,38,41,42)/b8-7+/t24-,25+/m0/s1. The highest BCUT2D eigenvalue weighted by Crippen LogP contribution is 2.45. The molecule has 3 N–H and O–H groups in total. The first kappa shape index (κ1) is 36.3. The van der Waals surface area contributed by atoms with E-state index >= 15 is 0 Å². The summed E-state index contributed by atoms with van der Waals surface area (Å²) < 4.78 is 18.0. The molecule has 15 heteroatoms. The summed E-state index contributed by atoms with van der Waals surface area (Å²) in [6, 6.07) is 9.61. The van der Waals surface area contributed by atoms with Crippen LogP contribution in [0, 0.1) is 0 Å². The number of carbonyl (C=O) groups is 2. The van der Waals surface area contributed by atoms with E-state index < -0.39 is 5.56 Å². The molecule has 50 heavy (non-hydrogen) atoms. The first-order chi connectivity index (χ1) is 24.0. The summed E-state index contributed by atoms with van der Waals surface area (Å²) in [4.78, 5) is 50.0. The van der Waals surface area contributed by atoms with Gasteiger partial charge in [0.2, 0.25) is 17.8 Å². The second-order valence-corrected chi connectivity index (χ2v) is 12.4. The minimum absolute atomic E-state index is 0.0947. The van der Waals surface area contributed by atoms with Crippen molar-refractivity contribution in [2.75, 3.05) is 58.7 Å². The highest BCUT2D eigenvalue weighted by atomic mass is 35.5. The van der Waals surface area contributed by atoms with E-state index in [4.69, 9.17) is 42.4 Å². The number of benzene rings is 2. The van der Waals surface area contributed by atoms with Crippen LogP contribution in [0.15, 0.2) is 72.2 Å².